The monoisotopic (exact) mass is 276 g/mol. The molecule has 106 valence electrons. The van der Waals surface area contributed by atoms with E-state index >= 15 is 0 Å². The summed E-state index contributed by atoms with van der Waals surface area (Å²) in [6, 6.07) is 7.27. The molecular weight excluding hydrogens is 260 g/mol. The van der Waals surface area contributed by atoms with Crippen LogP contribution in [-0.4, -0.2) is 35.1 Å². The van der Waals surface area contributed by atoms with E-state index in [2.05, 4.69) is 20.6 Å². The quantitative estimate of drug-likeness (QED) is 0.817. The van der Waals surface area contributed by atoms with E-state index in [1.807, 2.05) is 12.1 Å². The van der Waals surface area contributed by atoms with Crippen molar-refractivity contribution in [3.05, 3.63) is 42.2 Å². The average molecular weight is 276 g/mol. The predicted octanol–water partition coefficient (Wildman–Crippen LogP) is 0.806. The molecule has 0 aliphatic rings. The Morgan fingerprint density at radius 3 is 2.50 bits per heavy atom. The second-order valence-electron chi connectivity index (χ2n) is 4.27. The zero-order chi connectivity index (χ0) is 14.6. The van der Waals surface area contributed by atoms with Gasteiger partial charge in [0.1, 0.15) is 0 Å². The number of nitrogens with one attached hydrogen (secondary N) is 1. The van der Waals surface area contributed by atoms with E-state index in [1.165, 1.54) is 14.2 Å². The molecule has 0 bridgehead atoms. The molecule has 1 aromatic heterocycles. The van der Waals surface area contributed by atoms with Crippen LogP contribution in [0.25, 0.3) is 5.69 Å². The zero-order valence-electron chi connectivity index (χ0n) is 11.5. The molecule has 0 saturated carbocycles. The number of aromatic nitrogens is 3. The standard InChI is InChI=1S/C13H16N4O3/c1-13(19-2,12(18)15-20-3)10-4-6-11(7-5-10)17-9-8-14-16-17/h4-9H,1-3H3,(H,15,18). The fraction of sp³-hybridized carbons (Fsp3) is 0.308. The number of nitrogens with zero attached hydrogens (tertiary/aromatic N) is 3. The molecule has 7 nitrogen and oxygen atoms in total. The van der Waals surface area contributed by atoms with Crippen molar-refractivity contribution < 1.29 is 14.4 Å². The Labute approximate surface area is 116 Å². The van der Waals surface area contributed by atoms with Crippen molar-refractivity contribution in [1.29, 1.82) is 0 Å². The summed E-state index contributed by atoms with van der Waals surface area (Å²) in [5.74, 6) is -0.379. The number of rotatable bonds is 5. The van der Waals surface area contributed by atoms with E-state index in [0.717, 1.165) is 5.69 Å². The van der Waals surface area contributed by atoms with Gasteiger partial charge >= 0.3 is 0 Å². The van der Waals surface area contributed by atoms with Crippen LogP contribution in [-0.2, 0) is 20.0 Å². The maximum absolute atomic E-state index is 12.0. The van der Waals surface area contributed by atoms with Crippen LogP contribution in [0.3, 0.4) is 0 Å². The van der Waals surface area contributed by atoms with Crippen molar-refractivity contribution in [3.63, 3.8) is 0 Å². The molecule has 0 aliphatic carbocycles. The topological polar surface area (TPSA) is 78.3 Å². The van der Waals surface area contributed by atoms with Gasteiger partial charge in [0, 0.05) is 7.11 Å². The summed E-state index contributed by atoms with van der Waals surface area (Å²) < 4.78 is 6.97. The Hall–Kier alpha value is -2.25. The second kappa shape index (κ2) is 5.81. The summed E-state index contributed by atoms with van der Waals surface area (Å²) in [4.78, 5) is 16.7. The molecule has 7 heteroatoms. The van der Waals surface area contributed by atoms with Crippen molar-refractivity contribution in [2.24, 2.45) is 0 Å². The number of benzene rings is 1. The van der Waals surface area contributed by atoms with E-state index in [4.69, 9.17) is 4.74 Å². The fourth-order valence-corrected chi connectivity index (χ4v) is 1.81. The van der Waals surface area contributed by atoms with Gasteiger partial charge in [-0.25, -0.2) is 10.2 Å². The number of amides is 1. The number of ether oxygens (including phenoxy) is 1. The smallest absolute Gasteiger partial charge is 0.280 e. The molecule has 0 radical (unpaired) electrons. The summed E-state index contributed by atoms with van der Waals surface area (Å²) >= 11 is 0. The van der Waals surface area contributed by atoms with Crippen LogP contribution < -0.4 is 5.48 Å². The third-order valence-corrected chi connectivity index (χ3v) is 3.14. The van der Waals surface area contributed by atoms with E-state index in [0.29, 0.717) is 5.56 Å². The summed E-state index contributed by atoms with van der Waals surface area (Å²) in [6.45, 7) is 1.67. The highest BCUT2D eigenvalue weighted by atomic mass is 16.6. The molecule has 1 heterocycles. The highest BCUT2D eigenvalue weighted by Crippen LogP contribution is 2.25. The van der Waals surface area contributed by atoms with E-state index < -0.39 is 5.60 Å². The van der Waals surface area contributed by atoms with Gasteiger partial charge in [0.25, 0.3) is 5.91 Å². The zero-order valence-corrected chi connectivity index (χ0v) is 11.5. The molecule has 1 N–H and O–H groups in total. The Kier molecular flexibility index (Phi) is 4.11. The van der Waals surface area contributed by atoms with Gasteiger partial charge in [-0.1, -0.05) is 17.3 Å². The Morgan fingerprint density at radius 2 is 2.00 bits per heavy atom. The van der Waals surface area contributed by atoms with Crippen molar-refractivity contribution in [1.82, 2.24) is 20.5 Å². The molecule has 2 rings (SSSR count). The highest BCUT2D eigenvalue weighted by Gasteiger charge is 2.35. The van der Waals surface area contributed by atoms with Crippen LogP contribution in [0.15, 0.2) is 36.7 Å². The molecular formula is C13H16N4O3. The average Bonchev–Trinajstić information content (AvgIpc) is 3.01. The largest absolute Gasteiger partial charge is 0.364 e. The minimum atomic E-state index is -1.13. The lowest BCUT2D eigenvalue weighted by molar-refractivity contribution is -0.153. The van der Waals surface area contributed by atoms with Crippen LogP contribution in [0.4, 0.5) is 0 Å². The lowest BCUT2D eigenvalue weighted by Crippen LogP contribution is -2.43. The minimum Gasteiger partial charge on any atom is -0.364 e. The van der Waals surface area contributed by atoms with Gasteiger partial charge < -0.3 is 4.74 Å². The van der Waals surface area contributed by atoms with Crippen LogP contribution in [0.2, 0.25) is 0 Å². The number of carbonyl (C=O) groups is 1. The van der Waals surface area contributed by atoms with Crippen molar-refractivity contribution >= 4 is 5.91 Å². The van der Waals surface area contributed by atoms with E-state index in [1.54, 1.807) is 36.1 Å². The van der Waals surface area contributed by atoms with Gasteiger partial charge in [-0.15, -0.1) is 5.10 Å². The van der Waals surface area contributed by atoms with Crippen LogP contribution in [0.1, 0.15) is 12.5 Å². The lowest BCUT2D eigenvalue weighted by Gasteiger charge is -2.26. The first-order chi connectivity index (χ1) is 9.61. The van der Waals surface area contributed by atoms with Gasteiger partial charge in [0.2, 0.25) is 0 Å². The molecule has 0 saturated heterocycles. The number of methoxy groups -OCH3 is 1. The number of carbonyl (C=O) groups excluding carboxylic acids is 1. The maximum Gasteiger partial charge on any atom is 0.280 e. The van der Waals surface area contributed by atoms with E-state index in [-0.39, 0.29) is 5.91 Å². The Bertz CT molecular complexity index is 568. The number of hydroxylamine groups is 1. The van der Waals surface area contributed by atoms with Crippen LogP contribution in [0, 0.1) is 0 Å². The second-order valence-corrected chi connectivity index (χ2v) is 4.27. The summed E-state index contributed by atoms with van der Waals surface area (Å²) in [6.07, 6.45) is 3.33. The van der Waals surface area contributed by atoms with Crippen LogP contribution in [0.5, 0.6) is 0 Å². The first-order valence-electron chi connectivity index (χ1n) is 5.97. The van der Waals surface area contributed by atoms with E-state index in [9.17, 15) is 4.79 Å². The highest BCUT2D eigenvalue weighted by molar-refractivity contribution is 5.85. The minimum absolute atomic E-state index is 0.379. The predicted molar refractivity (Wildman–Crippen MR) is 70.9 cm³/mol. The number of hydrogen-bond acceptors (Lipinski definition) is 5. The molecule has 1 unspecified atom stereocenters. The summed E-state index contributed by atoms with van der Waals surface area (Å²) in [7, 11) is 2.85. The first kappa shape index (κ1) is 14.2. The van der Waals surface area contributed by atoms with Crippen LogP contribution >= 0.6 is 0 Å². The van der Waals surface area contributed by atoms with Gasteiger partial charge in [0.05, 0.1) is 25.2 Å². The Morgan fingerprint density at radius 1 is 1.30 bits per heavy atom. The van der Waals surface area contributed by atoms with Gasteiger partial charge in [0.15, 0.2) is 5.60 Å². The summed E-state index contributed by atoms with van der Waals surface area (Å²) in [5.41, 5.74) is 2.71. The van der Waals surface area contributed by atoms with Gasteiger partial charge in [-0.3, -0.25) is 9.63 Å². The summed E-state index contributed by atoms with van der Waals surface area (Å²) in [5, 5.41) is 7.65. The van der Waals surface area contributed by atoms with Gasteiger partial charge in [-0.2, -0.15) is 0 Å². The Balaban J connectivity index is 2.30. The molecule has 0 aliphatic heterocycles. The molecule has 0 spiro atoms. The molecule has 1 amide bonds. The fourth-order valence-electron chi connectivity index (χ4n) is 1.81. The molecule has 20 heavy (non-hydrogen) atoms. The first-order valence-corrected chi connectivity index (χ1v) is 5.97. The molecule has 2 aromatic rings. The SMILES string of the molecule is CONC(=O)C(C)(OC)c1ccc(-n2ccnn2)cc1. The third kappa shape index (κ3) is 2.54. The van der Waals surface area contributed by atoms with Gasteiger partial charge in [-0.05, 0) is 24.6 Å². The van der Waals surface area contributed by atoms with Crippen molar-refractivity contribution in [2.75, 3.05) is 14.2 Å². The van der Waals surface area contributed by atoms with Crippen molar-refractivity contribution in [2.45, 2.75) is 12.5 Å². The number of hydrogen-bond donors (Lipinski definition) is 1. The molecule has 0 fully saturated rings. The normalized spacial score (nSPS) is 13.8. The lowest BCUT2D eigenvalue weighted by atomic mass is 9.95. The van der Waals surface area contributed by atoms with Crippen molar-refractivity contribution in [3.8, 4) is 5.69 Å². The maximum atomic E-state index is 12.0. The molecule has 1 aromatic carbocycles. The third-order valence-electron chi connectivity index (χ3n) is 3.14. The molecule has 1 atom stereocenters.